The minimum Gasteiger partial charge on any atom is -0.477 e. The molecule has 0 rings (SSSR count). The first-order chi connectivity index (χ1) is 9.74. The van der Waals surface area contributed by atoms with E-state index < -0.39 is 23.8 Å². The summed E-state index contributed by atoms with van der Waals surface area (Å²) in [4.78, 5) is 21.8. The van der Waals surface area contributed by atoms with E-state index in [2.05, 4.69) is 0 Å². The highest BCUT2D eigenvalue weighted by Gasteiger charge is 2.63. The molecule has 0 atom stereocenters. The molecule has 0 radical (unpaired) electrons. The number of carbonyl (C=O) groups excluding carboxylic acids is 1. The lowest BCUT2D eigenvalue weighted by Gasteiger charge is -2.30. The monoisotopic (exact) mass is 332 g/mol. The van der Waals surface area contributed by atoms with Gasteiger partial charge in [0.15, 0.2) is 6.54 Å². The molecule has 0 aliphatic carbocycles. The third-order valence-electron chi connectivity index (χ3n) is 3.01. The molecule has 0 aliphatic heterocycles. The quantitative estimate of drug-likeness (QED) is 0.278. The standard InChI is InChI=1S/C12H21F4N3O3/c1-18(2)12(15,16)11(13,14)10(22)17-6-5-7-19(3,4)8-9(20)21/h5-8H2,1-4H3,(H-,17,20,21,22)/p+1. The van der Waals surface area contributed by atoms with E-state index >= 15 is 0 Å². The van der Waals surface area contributed by atoms with Crippen molar-refractivity contribution in [2.24, 2.45) is 0 Å². The highest BCUT2D eigenvalue weighted by molar-refractivity contribution is 5.84. The van der Waals surface area contributed by atoms with Gasteiger partial charge in [0.2, 0.25) is 0 Å². The van der Waals surface area contributed by atoms with Crippen molar-refractivity contribution in [2.45, 2.75) is 18.4 Å². The fourth-order valence-electron chi connectivity index (χ4n) is 1.68. The van der Waals surface area contributed by atoms with Gasteiger partial charge in [-0.2, -0.15) is 17.6 Å². The molecule has 0 aromatic carbocycles. The van der Waals surface area contributed by atoms with Crippen molar-refractivity contribution in [3.05, 3.63) is 0 Å². The van der Waals surface area contributed by atoms with Crippen molar-refractivity contribution in [1.29, 1.82) is 0 Å². The first-order valence-electron chi connectivity index (χ1n) is 6.49. The first kappa shape index (κ1) is 20.6. The second-order valence-corrected chi connectivity index (χ2v) is 5.83. The molecule has 10 heteroatoms. The number of nitrogens with one attached hydrogen (secondary N) is 1. The molecule has 0 aromatic heterocycles. The largest absolute Gasteiger partial charge is 0.477 e. The maximum atomic E-state index is 13.4. The zero-order valence-corrected chi connectivity index (χ0v) is 13.0. The average Bonchev–Trinajstić information content (AvgIpc) is 2.32. The van der Waals surface area contributed by atoms with Gasteiger partial charge in [-0.25, -0.2) is 9.69 Å². The fourth-order valence-corrected chi connectivity index (χ4v) is 1.68. The molecule has 6 nitrogen and oxygen atoms in total. The molecule has 22 heavy (non-hydrogen) atoms. The Morgan fingerprint density at radius 2 is 1.68 bits per heavy atom. The van der Waals surface area contributed by atoms with Crippen LogP contribution in [0.1, 0.15) is 6.42 Å². The van der Waals surface area contributed by atoms with Crippen LogP contribution in [0.15, 0.2) is 0 Å². The van der Waals surface area contributed by atoms with Gasteiger partial charge in [0.25, 0.3) is 5.91 Å². The third kappa shape index (κ3) is 5.41. The van der Waals surface area contributed by atoms with Crippen LogP contribution in [0.3, 0.4) is 0 Å². The number of hydrogen-bond acceptors (Lipinski definition) is 3. The van der Waals surface area contributed by atoms with Crippen LogP contribution in [0.4, 0.5) is 17.6 Å². The maximum Gasteiger partial charge on any atom is 0.400 e. The van der Waals surface area contributed by atoms with Crippen molar-refractivity contribution in [2.75, 3.05) is 47.8 Å². The van der Waals surface area contributed by atoms with Crippen LogP contribution in [0.5, 0.6) is 0 Å². The molecule has 130 valence electrons. The van der Waals surface area contributed by atoms with E-state index in [1.807, 2.05) is 0 Å². The number of quaternary nitrogens is 1. The zero-order chi connectivity index (χ0) is 17.8. The minimum atomic E-state index is -4.86. The van der Waals surface area contributed by atoms with Crippen molar-refractivity contribution in [3.8, 4) is 0 Å². The number of carboxylic acids is 1. The Balaban J connectivity index is 4.44. The van der Waals surface area contributed by atoms with E-state index in [0.717, 1.165) is 14.1 Å². The molecule has 0 heterocycles. The van der Waals surface area contributed by atoms with E-state index in [1.165, 1.54) is 0 Å². The second-order valence-electron chi connectivity index (χ2n) is 5.83. The van der Waals surface area contributed by atoms with Gasteiger partial charge in [0.05, 0.1) is 20.6 Å². The molecule has 0 bridgehead atoms. The number of carbonyl (C=O) groups is 2. The SMILES string of the molecule is CN(C)C(F)(F)C(F)(F)C(=O)NCCC[N+](C)(C)CC(=O)O. The number of alkyl halides is 4. The maximum absolute atomic E-state index is 13.4. The number of rotatable bonds is 9. The van der Waals surface area contributed by atoms with Gasteiger partial charge in [-0.15, -0.1) is 0 Å². The summed E-state index contributed by atoms with van der Waals surface area (Å²) in [6.45, 7) is -0.149. The van der Waals surface area contributed by atoms with Crippen molar-refractivity contribution in [3.63, 3.8) is 0 Å². The Kier molecular flexibility index (Phi) is 6.76. The van der Waals surface area contributed by atoms with Gasteiger partial charge in [0.1, 0.15) is 0 Å². The number of halogens is 4. The molecule has 0 aliphatic rings. The highest BCUT2D eigenvalue weighted by atomic mass is 19.3. The van der Waals surface area contributed by atoms with Crippen molar-refractivity contribution >= 4 is 11.9 Å². The Morgan fingerprint density at radius 3 is 2.09 bits per heavy atom. The van der Waals surface area contributed by atoms with E-state index in [-0.39, 0.29) is 35.4 Å². The topological polar surface area (TPSA) is 69.6 Å². The van der Waals surface area contributed by atoms with Crippen molar-refractivity contribution in [1.82, 2.24) is 10.2 Å². The van der Waals surface area contributed by atoms with E-state index in [1.54, 1.807) is 19.4 Å². The van der Waals surface area contributed by atoms with Crippen LogP contribution in [-0.4, -0.2) is 86.2 Å². The molecule has 0 saturated heterocycles. The number of aliphatic carboxylic acids is 1. The molecular weight excluding hydrogens is 310 g/mol. The number of amides is 1. The molecule has 0 aromatic rings. The zero-order valence-electron chi connectivity index (χ0n) is 13.0. The number of likely N-dealkylation sites (N-methyl/N-ethyl adjacent to an activating group) is 1. The fraction of sp³-hybridized carbons (Fsp3) is 0.833. The van der Waals surface area contributed by atoms with E-state index in [0.29, 0.717) is 0 Å². The van der Waals surface area contributed by atoms with Gasteiger partial charge in [0, 0.05) is 13.0 Å². The molecule has 0 unspecified atom stereocenters. The summed E-state index contributed by atoms with van der Waals surface area (Å²) in [6.07, 6.45) is 0.176. The van der Waals surface area contributed by atoms with E-state index in [4.69, 9.17) is 5.11 Å². The predicted molar refractivity (Wildman–Crippen MR) is 70.7 cm³/mol. The molecule has 0 saturated carbocycles. The molecule has 2 N–H and O–H groups in total. The van der Waals surface area contributed by atoms with Crippen molar-refractivity contribution < 1.29 is 36.7 Å². The Bertz CT molecular complexity index is 414. The number of hydrogen-bond donors (Lipinski definition) is 2. The third-order valence-corrected chi connectivity index (χ3v) is 3.01. The normalized spacial score (nSPS) is 13.3. The van der Waals surface area contributed by atoms with Crippen LogP contribution in [0, 0.1) is 0 Å². The van der Waals surface area contributed by atoms with Gasteiger partial charge in [-0.05, 0) is 14.1 Å². The van der Waals surface area contributed by atoms with E-state index in [9.17, 15) is 27.2 Å². The van der Waals surface area contributed by atoms with Crippen LogP contribution < -0.4 is 5.32 Å². The summed E-state index contributed by atoms with van der Waals surface area (Å²) in [5, 5.41) is 10.4. The van der Waals surface area contributed by atoms with Gasteiger partial charge in [-0.1, -0.05) is 0 Å². The van der Waals surface area contributed by atoms with Gasteiger partial charge >= 0.3 is 17.9 Å². The summed E-state index contributed by atoms with van der Waals surface area (Å²) in [7, 11) is 4.72. The number of carboxylic acid groups (broad SMARTS) is 1. The highest BCUT2D eigenvalue weighted by Crippen LogP contribution is 2.35. The Hall–Kier alpha value is -1.42. The van der Waals surface area contributed by atoms with Crippen LogP contribution in [0.2, 0.25) is 0 Å². The number of nitrogens with zero attached hydrogens (tertiary/aromatic N) is 2. The first-order valence-corrected chi connectivity index (χ1v) is 6.49. The summed E-state index contributed by atoms with van der Waals surface area (Å²) in [6, 6.07) is -4.60. The van der Waals surface area contributed by atoms with Crippen LogP contribution >= 0.6 is 0 Å². The predicted octanol–water partition coefficient (Wildman–Crippen LogP) is 0.443. The lowest BCUT2D eigenvalue weighted by Crippen LogP contribution is -2.59. The van der Waals surface area contributed by atoms with Gasteiger partial charge in [-0.3, -0.25) is 4.79 Å². The lowest BCUT2D eigenvalue weighted by molar-refractivity contribution is -0.883. The summed E-state index contributed by atoms with van der Waals surface area (Å²) in [5.41, 5.74) is 0. The second kappa shape index (κ2) is 7.23. The van der Waals surface area contributed by atoms with Crippen LogP contribution in [0.25, 0.3) is 0 Å². The molecule has 0 fully saturated rings. The lowest BCUT2D eigenvalue weighted by atomic mass is 10.2. The smallest absolute Gasteiger partial charge is 0.400 e. The van der Waals surface area contributed by atoms with Crippen LogP contribution in [-0.2, 0) is 9.59 Å². The summed E-state index contributed by atoms with van der Waals surface area (Å²) >= 11 is 0. The van der Waals surface area contributed by atoms with Gasteiger partial charge < -0.3 is 14.9 Å². The summed E-state index contributed by atoms with van der Waals surface area (Å²) < 4.78 is 53.4. The minimum absolute atomic E-state index is 0.0283. The Morgan fingerprint density at radius 1 is 1.18 bits per heavy atom. The molecule has 0 spiro atoms. The molecule has 1 amide bonds. The average molecular weight is 332 g/mol. The summed E-state index contributed by atoms with van der Waals surface area (Å²) in [5.74, 6) is -7.94. The Labute approximate surface area is 126 Å². The molecular formula is C12H22F4N3O3+.